The van der Waals surface area contributed by atoms with E-state index in [9.17, 15) is 8.42 Å². The van der Waals surface area contributed by atoms with Crippen LogP contribution in [0.25, 0.3) is 0 Å². The zero-order chi connectivity index (χ0) is 9.03. The highest BCUT2D eigenvalue weighted by Crippen LogP contribution is 2.01. The maximum Gasteiger partial charge on any atom is 0.235 e. The lowest BCUT2D eigenvalue weighted by Crippen LogP contribution is -2.22. The lowest BCUT2D eigenvalue weighted by Gasteiger charge is -2.02. The molecular formula is C5H10N4O2S. The Kier molecular flexibility index (Phi) is 2.66. The van der Waals surface area contributed by atoms with E-state index >= 15 is 0 Å². The molecule has 1 aromatic rings. The first-order chi connectivity index (χ1) is 5.64. The van der Waals surface area contributed by atoms with Gasteiger partial charge in [0.05, 0.1) is 11.9 Å². The molecule has 0 bridgehead atoms. The summed E-state index contributed by atoms with van der Waals surface area (Å²) in [6, 6.07) is 1.52. The summed E-state index contributed by atoms with van der Waals surface area (Å²) >= 11 is 0. The molecule has 0 fully saturated rings. The van der Waals surface area contributed by atoms with Crippen LogP contribution in [0, 0.1) is 0 Å². The van der Waals surface area contributed by atoms with Crippen LogP contribution in [0.4, 0.5) is 5.82 Å². The predicted molar refractivity (Wildman–Crippen MR) is 45.1 cm³/mol. The first-order valence-electron chi connectivity index (χ1n) is 3.34. The highest BCUT2D eigenvalue weighted by Gasteiger charge is 2.08. The van der Waals surface area contributed by atoms with E-state index in [2.05, 4.69) is 14.9 Å². The van der Waals surface area contributed by atoms with Gasteiger partial charge in [0.2, 0.25) is 10.0 Å². The maximum atomic E-state index is 11.1. The van der Waals surface area contributed by atoms with Gasteiger partial charge in [-0.15, -0.1) is 0 Å². The Morgan fingerprint density at radius 3 is 2.92 bits per heavy atom. The molecular weight excluding hydrogens is 180 g/mol. The van der Waals surface area contributed by atoms with E-state index in [0.717, 1.165) is 0 Å². The third-order valence-electron chi connectivity index (χ3n) is 1.15. The van der Waals surface area contributed by atoms with Gasteiger partial charge in [-0.3, -0.25) is 9.82 Å². The van der Waals surface area contributed by atoms with Gasteiger partial charge in [-0.1, -0.05) is 0 Å². The summed E-state index contributed by atoms with van der Waals surface area (Å²) in [5.41, 5.74) is 5.10. The van der Waals surface area contributed by atoms with E-state index in [-0.39, 0.29) is 12.3 Å². The number of hydrogen-bond acceptors (Lipinski definition) is 4. The average molecular weight is 190 g/mol. The summed E-state index contributed by atoms with van der Waals surface area (Å²) in [6.07, 6.45) is 1.46. The number of rotatable bonds is 4. The van der Waals surface area contributed by atoms with Crippen molar-refractivity contribution in [2.45, 2.75) is 0 Å². The van der Waals surface area contributed by atoms with E-state index in [1.807, 2.05) is 0 Å². The standard InChI is InChI=1S/C5H10N4O2S/c6-2-4-12(10,11)9-5-1-3-7-8-5/h1,3H,2,4,6H2,(H2,7,8,9). The average Bonchev–Trinajstić information content (AvgIpc) is 2.38. The molecule has 0 aromatic carbocycles. The Bertz CT molecular complexity index is 317. The Hall–Kier alpha value is -1.08. The Labute approximate surface area is 70.2 Å². The van der Waals surface area contributed by atoms with E-state index in [1.54, 1.807) is 0 Å². The zero-order valence-electron chi connectivity index (χ0n) is 6.32. The third kappa shape index (κ3) is 2.51. The molecule has 0 aliphatic heterocycles. The second-order valence-corrected chi connectivity index (χ2v) is 4.02. The topological polar surface area (TPSA) is 101 Å². The minimum atomic E-state index is -3.30. The lowest BCUT2D eigenvalue weighted by molar-refractivity contribution is 0.601. The zero-order valence-corrected chi connectivity index (χ0v) is 7.13. The molecule has 1 heterocycles. The molecule has 68 valence electrons. The van der Waals surface area contributed by atoms with Gasteiger partial charge in [0.15, 0.2) is 0 Å². The monoisotopic (exact) mass is 190 g/mol. The molecule has 0 aliphatic rings. The van der Waals surface area contributed by atoms with Crippen molar-refractivity contribution in [3.05, 3.63) is 12.3 Å². The first-order valence-corrected chi connectivity index (χ1v) is 4.99. The smallest absolute Gasteiger partial charge is 0.235 e. The summed E-state index contributed by atoms with van der Waals surface area (Å²) in [4.78, 5) is 0. The number of aromatic nitrogens is 2. The molecule has 0 saturated carbocycles. The van der Waals surface area contributed by atoms with Crippen LogP contribution < -0.4 is 10.5 Å². The molecule has 0 spiro atoms. The molecule has 0 radical (unpaired) electrons. The second-order valence-electron chi connectivity index (χ2n) is 2.18. The van der Waals surface area contributed by atoms with Gasteiger partial charge in [0, 0.05) is 12.6 Å². The fraction of sp³-hybridized carbons (Fsp3) is 0.400. The van der Waals surface area contributed by atoms with E-state index in [0.29, 0.717) is 5.82 Å². The number of nitrogens with one attached hydrogen (secondary N) is 2. The predicted octanol–water partition coefficient (Wildman–Crippen LogP) is -0.890. The van der Waals surface area contributed by atoms with Crippen molar-refractivity contribution in [2.75, 3.05) is 17.0 Å². The Morgan fingerprint density at radius 1 is 1.67 bits per heavy atom. The molecule has 7 heteroatoms. The number of nitrogens with two attached hydrogens (primary N) is 1. The molecule has 0 amide bonds. The summed E-state index contributed by atoms with van der Waals surface area (Å²) in [5, 5.41) is 6.05. The number of sulfonamides is 1. The SMILES string of the molecule is NCCS(=O)(=O)Nc1ccn[nH]1. The Morgan fingerprint density at radius 2 is 2.42 bits per heavy atom. The summed E-state index contributed by atoms with van der Waals surface area (Å²) in [5.74, 6) is 0.259. The molecule has 12 heavy (non-hydrogen) atoms. The number of nitrogens with zero attached hydrogens (tertiary/aromatic N) is 1. The largest absolute Gasteiger partial charge is 0.329 e. The van der Waals surface area contributed by atoms with Crippen molar-refractivity contribution in [2.24, 2.45) is 5.73 Å². The molecule has 0 unspecified atom stereocenters. The van der Waals surface area contributed by atoms with Crippen LogP contribution in [0.3, 0.4) is 0 Å². The highest BCUT2D eigenvalue weighted by molar-refractivity contribution is 7.92. The van der Waals surface area contributed by atoms with Gasteiger partial charge in [-0.25, -0.2) is 8.42 Å². The quantitative estimate of drug-likeness (QED) is 0.573. The molecule has 4 N–H and O–H groups in total. The highest BCUT2D eigenvalue weighted by atomic mass is 32.2. The van der Waals surface area contributed by atoms with Crippen LogP contribution in [0.5, 0.6) is 0 Å². The minimum Gasteiger partial charge on any atom is -0.329 e. The van der Waals surface area contributed by atoms with Crippen molar-refractivity contribution >= 4 is 15.8 Å². The fourth-order valence-electron chi connectivity index (χ4n) is 0.686. The molecule has 0 aliphatic carbocycles. The van der Waals surface area contributed by atoms with Gasteiger partial charge < -0.3 is 5.73 Å². The molecule has 1 aromatic heterocycles. The second kappa shape index (κ2) is 3.55. The van der Waals surface area contributed by atoms with Crippen molar-refractivity contribution in [3.63, 3.8) is 0 Å². The van der Waals surface area contributed by atoms with E-state index in [1.165, 1.54) is 12.3 Å². The van der Waals surface area contributed by atoms with Gasteiger partial charge >= 0.3 is 0 Å². The van der Waals surface area contributed by atoms with Crippen LogP contribution in [0.15, 0.2) is 12.3 Å². The van der Waals surface area contributed by atoms with Crippen molar-refractivity contribution in [1.82, 2.24) is 10.2 Å². The molecule has 6 nitrogen and oxygen atoms in total. The third-order valence-corrected chi connectivity index (χ3v) is 2.46. The summed E-state index contributed by atoms with van der Waals surface area (Å²) < 4.78 is 24.4. The maximum absolute atomic E-state index is 11.1. The van der Waals surface area contributed by atoms with Gasteiger partial charge in [-0.05, 0) is 0 Å². The normalized spacial score (nSPS) is 11.4. The molecule has 0 saturated heterocycles. The molecule has 1 rings (SSSR count). The van der Waals surface area contributed by atoms with E-state index < -0.39 is 10.0 Å². The van der Waals surface area contributed by atoms with E-state index in [4.69, 9.17) is 5.73 Å². The minimum absolute atomic E-state index is 0.0913. The van der Waals surface area contributed by atoms with Gasteiger partial charge in [0.25, 0.3) is 0 Å². The van der Waals surface area contributed by atoms with Crippen LogP contribution in [0.1, 0.15) is 0 Å². The summed E-state index contributed by atoms with van der Waals surface area (Å²) in [7, 11) is -3.30. The lowest BCUT2D eigenvalue weighted by atomic mass is 10.7. The number of aromatic amines is 1. The van der Waals surface area contributed by atoms with Crippen molar-refractivity contribution in [3.8, 4) is 0 Å². The number of hydrogen-bond donors (Lipinski definition) is 3. The van der Waals surface area contributed by atoms with Crippen LogP contribution in [0.2, 0.25) is 0 Å². The first kappa shape index (κ1) is 9.01. The van der Waals surface area contributed by atoms with Crippen LogP contribution in [-0.2, 0) is 10.0 Å². The van der Waals surface area contributed by atoms with Crippen molar-refractivity contribution in [1.29, 1.82) is 0 Å². The van der Waals surface area contributed by atoms with Crippen molar-refractivity contribution < 1.29 is 8.42 Å². The van der Waals surface area contributed by atoms with Gasteiger partial charge in [0.1, 0.15) is 5.82 Å². The Balaban J connectivity index is 2.63. The van der Waals surface area contributed by atoms with Gasteiger partial charge in [-0.2, -0.15) is 5.10 Å². The fourth-order valence-corrected chi connectivity index (χ4v) is 1.55. The number of anilines is 1. The molecule has 0 atom stereocenters. The van der Waals surface area contributed by atoms with Crippen LogP contribution in [-0.4, -0.2) is 30.9 Å². The van der Waals surface area contributed by atoms with Crippen LogP contribution >= 0.6 is 0 Å². The number of H-pyrrole nitrogens is 1. The summed E-state index contributed by atoms with van der Waals surface area (Å²) in [6.45, 7) is 0.101.